The molecule has 6 nitrogen and oxygen atoms in total. The van der Waals surface area contributed by atoms with Crippen molar-refractivity contribution < 1.29 is 13.9 Å². The van der Waals surface area contributed by atoms with Crippen molar-refractivity contribution in [3.63, 3.8) is 0 Å². The van der Waals surface area contributed by atoms with Gasteiger partial charge in [0.15, 0.2) is 5.69 Å². The van der Waals surface area contributed by atoms with Gasteiger partial charge < -0.3 is 15.8 Å². The Hall–Kier alpha value is -3.22. The summed E-state index contributed by atoms with van der Waals surface area (Å²) >= 11 is 0. The summed E-state index contributed by atoms with van der Waals surface area (Å²) in [4.78, 5) is 20.6. The highest BCUT2D eigenvalue weighted by Gasteiger charge is 2.20. The molecule has 2 aromatic heterocycles. The standard InChI is InChI=1S/C19H19FN4O2/c1-3-8-23-19(25)18-16(21)11-6-7-13(20)15(12(11)10-24-18)17-14(26-2)5-4-9-22-17/h4-7,9-10H,3,8,21H2,1-2H3,(H,23,25). The number of carbonyl (C=O) groups is 1. The minimum Gasteiger partial charge on any atom is -0.494 e. The van der Waals surface area contributed by atoms with Crippen LogP contribution in [0.5, 0.6) is 5.75 Å². The molecule has 0 atom stereocenters. The number of pyridine rings is 2. The molecule has 0 aliphatic rings. The Morgan fingerprint density at radius 1 is 1.27 bits per heavy atom. The highest BCUT2D eigenvalue weighted by atomic mass is 19.1. The maximum Gasteiger partial charge on any atom is 0.272 e. The van der Waals surface area contributed by atoms with Crippen LogP contribution in [0.3, 0.4) is 0 Å². The number of amides is 1. The molecule has 3 aromatic rings. The van der Waals surface area contributed by atoms with E-state index in [0.29, 0.717) is 28.8 Å². The third kappa shape index (κ3) is 3.03. The van der Waals surface area contributed by atoms with Crippen LogP contribution in [-0.2, 0) is 0 Å². The fourth-order valence-corrected chi connectivity index (χ4v) is 2.77. The third-order valence-electron chi connectivity index (χ3n) is 4.04. The van der Waals surface area contributed by atoms with E-state index < -0.39 is 5.82 Å². The number of ether oxygens (including phenoxy) is 1. The zero-order chi connectivity index (χ0) is 18.7. The Balaban J connectivity index is 2.22. The predicted octanol–water partition coefficient (Wildman–Crippen LogP) is 3.17. The van der Waals surface area contributed by atoms with Crippen LogP contribution in [0, 0.1) is 5.82 Å². The smallest absolute Gasteiger partial charge is 0.272 e. The number of halogens is 1. The van der Waals surface area contributed by atoms with Crippen LogP contribution in [0.4, 0.5) is 10.1 Å². The van der Waals surface area contributed by atoms with E-state index in [2.05, 4.69) is 15.3 Å². The van der Waals surface area contributed by atoms with Gasteiger partial charge in [-0.05, 0) is 30.7 Å². The Labute approximate surface area is 150 Å². The quantitative estimate of drug-likeness (QED) is 0.734. The molecule has 0 aliphatic heterocycles. The molecule has 0 unspecified atom stereocenters. The summed E-state index contributed by atoms with van der Waals surface area (Å²) in [6.45, 7) is 2.48. The second-order valence-corrected chi connectivity index (χ2v) is 5.71. The summed E-state index contributed by atoms with van der Waals surface area (Å²) in [6.07, 6.45) is 3.80. The normalized spacial score (nSPS) is 10.7. The summed E-state index contributed by atoms with van der Waals surface area (Å²) in [5.74, 6) is -0.395. The molecule has 0 saturated heterocycles. The van der Waals surface area contributed by atoms with Crippen LogP contribution in [-0.4, -0.2) is 29.5 Å². The molecule has 26 heavy (non-hydrogen) atoms. The van der Waals surface area contributed by atoms with Crippen molar-refractivity contribution in [2.45, 2.75) is 13.3 Å². The largest absolute Gasteiger partial charge is 0.494 e. The number of nitrogens with two attached hydrogens (primary N) is 1. The van der Waals surface area contributed by atoms with Gasteiger partial charge in [0.25, 0.3) is 5.91 Å². The molecule has 1 amide bonds. The van der Waals surface area contributed by atoms with Crippen LogP contribution < -0.4 is 15.8 Å². The number of nitrogen functional groups attached to an aromatic ring is 1. The lowest BCUT2D eigenvalue weighted by molar-refractivity contribution is 0.0950. The summed E-state index contributed by atoms with van der Waals surface area (Å²) < 4.78 is 19.9. The van der Waals surface area contributed by atoms with Crippen LogP contribution in [0.2, 0.25) is 0 Å². The highest BCUT2D eigenvalue weighted by Crippen LogP contribution is 2.37. The monoisotopic (exact) mass is 354 g/mol. The van der Waals surface area contributed by atoms with Crippen LogP contribution in [0.15, 0.2) is 36.7 Å². The van der Waals surface area contributed by atoms with Gasteiger partial charge >= 0.3 is 0 Å². The fourth-order valence-electron chi connectivity index (χ4n) is 2.77. The van der Waals surface area contributed by atoms with Crippen LogP contribution in [0.25, 0.3) is 22.0 Å². The topological polar surface area (TPSA) is 90.1 Å². The number of hydrogen-bond donors (Lipinski definition) is 2. The SMILES string of the molecule is CCCNC(=O)c1ncc2c(-c3ncccc3OC)c(F)ccc2c1N. The van der Waals surface area contributed by atoms with Crippen molar-refractivity contribution in [1.82, 2.24) is 15.3 Å². The average Bonchev–Trinajstić information content (AvgIpc) is 2.66. The highest BCUT2D eigenvalue weighted by molar-refractivity contribution is 6.09. The van der Waals surface area contributed by atoms with E-state index in [0.717, 1.165) is 6.42 Å². The first-order valence-corrected chi connectivity index (χ1v) is 8.22. The van der Waals surface area contributed by atoms with Gasteiger partial charge in [-0.2, -0.15) is 0 Å². The Bertz CT molecular complexity index is 975. The molecule has 134 valence electrons. The van der Waals surface area contributed by atoms with Gasteiger partial charge in [0, 0.05) is 35.3 Å². The van der Waals surface area contributed by atoms with Gasteiger partial charge in [0.2, 0.25) is 0 Å². The lowest BCUT2D eigenvalue weighted by Gasteiger charge is -2.13. The number of anilines is 1. The minimum atomic E-state index is -0.473. The number of aromatic nitrogens is 2. The number of rotatable bonds is 5. The summed E-state index contributed by atoms with van der Waals surface area (Å²) in [5.41, 5.74) is 7.07. The number of carbonyl (C=O) groups excluding carboxylic acids is 1. The fraction of sp³-hybridized carbons (Fsp3) is 0.211. The lowest BCUT2D eigenvalue weighted by atomic mass is 10.00. The molecule has 3 rings (SSSR count). The average molecular weight is 354 g/mol. The first-order chi connectivity index (χ1) is 12.6. The van der Waals surface area contributed by atoms with E-state index in [-0.39, 0.29) is 22.9 Å². The minimum absolute atomic E-state index is 0.122. The third-order valence-corrected chi connectivity index (χ3v) is 4.04. The van der Waals surface area contributed by atoms with E-state index in [9.17, 15) is 9.18 Å². The first kappa shape index (κ1) is 17.6. The van der Waals surface area contributed by atoms with Gasteiger partial charge in [-0.15, -0.1) is 0 Å². The molecule has 0 radical (unpaired) electrons. The predicted molar refractivity (Wildman–Crippen MR) is 98.5 cm³/mol. The van der Waals surface area contributed by atoms with Crippen LogP contribution >= 0.6 is 0 Å². The van der Waals surface area contributed by atoms with Gasteiger partial charge in [-0.25, -0.2) is 9.37 Å². The van der Waals surface area contributed by atoms with Crippen molar-refractivity contribution >= 4 is 22.4 Å². The van der Waals surface area contributed by atoms with Gasteiger partial charge in [-0.3, -0.25) is 9.78 Å². The van der Waals surface area contributed by atoms with Crippen LogP contribution in [0.1, 0.15) is 23.8 Å². The van der Waals surface area contributed by atoms with Crippen molar-refractivity contribution in [1.29, 1.82) is 0 Å². The van der Waals surface area contributed by atoms with Crippen molar-refractivity contribution in [3.8, 4) is 17.0 Å². The van der Waals surface area contributed by atoms with Gasteiger partial charge in [0.05, 0.1) is 12.8 Å². The summed E-state index contributed by atoms with van der Waals surface area (Å²) in [6, 6.07) is 6.24. The first-order valence-electron chi connectivity index (χ1n) is 8.22. The zero-order valence-corrected chi connectivity index (χ0v) is 14.5. The molecule has 1 aromatic carbocycles. The van der Waals surface area contributed by atoms with E-state index in [1.165, 1.54) is 25.4 Å². The number of nitrogens with one attached hydrogen (secondary N) is 1. The van der Waals surface area contributed by atoms with Crippen molar-refractivity contribution in [3.05, 3.63) is 48.2 Å². The zero-order valence-electron chi connectivity index (χ0n) is 14.5. The molecule has 0 fully saturated rings. The Morgan fingerprint density at radius 3 is 2.81 bits per heavy atom. The van der Waals surface area contributed by atoms with Gasteiger partial charge in [0.1, 0.15) is 17.3 Å². The number of benzene rings is 1. The molecule has 7 heteroatoms. The van der Waals surface area contributed by atoms with E-state index >= 15 is 0 Å². The second-order valence-electron chi connectivity index (χ2n) is 5.71. The second kappa shape index (κ2) is 7.35. The summed E-state index contributed by atoms with van der Waals surface area (Å²) in [5, 5.41) is 3.74. The molecule has 0 spiro atoms. The Kier molecular flexibility index (Phi) is 4.97. The number of methoxy groups -OCH3 is 1. The van der Waals surface area contributed by atoms with E-state index in [1.807, 2.05) is 6.92 Å². The van der Waals surface area contributed by atoms with E-state index in [1.54, 1.807) is 18.3 Å². The molecular weight excluding hydrogens is 335 g/mol. The van der Waals surface area contributed by atoms with Crippen molar-refractivity contribution in [2.24, 2.45) is 0 Å². The maximum atomic E-state index is 14.6. The molecule has 0 bridgehead atoms. The molecule has 3 N–H and O–H groups in total. The van der Waals surface area contributed by atoms with E-state index in [4.69, 9.17) is 10.5 Å². The molecule has 0 saturated carbocycles. The molecule has 2 heterocycles. The maximum absolute atomic E-state index is 14.6. The Morgan fingerprint density at radius 2 is 2.08 bits per heavy atom. The molecular formula is C19H19FN4O2. The number of fused-ring (bicyclic) bond motifs is 1. The number of nitrogens with zero attached hydrogens (tertiary/aromatic N) is 2. The summed E-state index contributed by atoms with van der Waals surface area (Å²) in [7, 11) is 1.49. The lowest BCUT2D eigenvalue weighted by Crippen LogP contribution is -2.26. The number of hydrogen-bond acceptors (Lipinski definition) is 5. The van der Waals surface area contributed by atoms with Gasteiger partial charge in [-0.1, -0.05) is 6.92 Å². The van der Waals surface area contributed by atoms with Crippen molar-refractivity contribution in [2.75, 3.05) is 19.4 Å². The molecule has 0 aliphatic carbocycles.